The molecule has 1 aromatic carbocycles. The Morgan fingerprint density at radius 2 is 1.74 bits per heavy atom. The summed E-state index contributed by atoms with van der Waals surface area (Å²) in [6.45, 7) is 4.96. The van der Waals surface area contributed by atoms with Crippen molar-refractivity contribution in [2.75, 3.05) is 11.9 Å². The molecule has 1 rings (SSSR count). The van der Waals surface area contributed by atoms with Crippen molar-refractivity contribution in [2.45, 2.75) is 32.8 Å². The second-order valence-corrected chi connectivity index (χ2v) is 5.55. The third kappa shape index (κ3) is 4.95. The van der Waals surface area contributed by atoms with E-state index in [0.717, 1.165) is 0 Å². The van der Waals surface area contributed by atoms with Crippen molar-refractivity contribution in [2.24, 2.45) is 5.92 Å². The lowest BCUT2D eigenvalue weighted by atomic mass is 9.89. The maximum atomic E-state index is 13.4. The molecule has 0 aliphatic rings. The third-order valence-corrected chi connectivity index (χ3v) is 3.75. The van der Waals surface area contributed by atoms with Crippen molar-refractivity contribution in [3.05, 3.63) is 29.6 Å². The van der Waals surface area contributed by atoms with Crippen LogP contribution in [-0.2, 0) is 9.59 Å². The molecule has 128 valence electrons. The van der Waals surface area contributed by atoms with Crippen molar-refractivity contribution in [3.8, 4) is 0 Å². The van der Waals surface area contributed by atoms with Crippen LogP contribution >= 0.6 is 0 Å². The van der Waals surface area contributed by atoms with Gasteiger partial charge < -0.3 is 15.7 Å². The van der Waals surface area contributed by atoms with Gasteiger partial charge in [0, 0.05) is 18.7 Å². The summed E-state index contributed by atoms with van der Waals surface area (Å²) in [6, 6.07) is 0.696. The van der Waals surface area contributed by atoms with E-state index in [2.05, 4.69) is 5.32 Å². The monoisotopic (exact) mass is 332 g/mol. The standard InChI is InChI=1S/C15H19F3N2O3/c1-4-8(2)15(3,23)7-19-13(21)14(22)20-12-6-10(17)9(16)5-11(12)18/h5-6,8,23H,4,7H2,1-3H3,(H,19,21)(H,20,22)/t8-,15-/m1/s1. The fourth-order valence-electron chi connectivity index (χ4n) is 1.75. The van der Waals surface area contributed by atoms with Crippen LogP contribution < -0.4 is 10.6 Å². The average molecular weight is 332 g/mol. The predicted molar refractivity (Wildman–Crippen MR) is 78.0 cm³/mol. The lowest BCUT2D eigenvalue weighted by Gasteiger charge is -2.29. The highest BCUT2D eigenvalue weighted by Gasteiger charge is 2.28. The molecular weight excluding hydrogens is 313 g/mol. The smallest absolute Gasteiger partial charge is 0.313 e. The molecule has 5 nitrogen and oxygen atoms in total. The lowest BCUT2D eigenvalue weighted by Crippen LogP contribution is -2.47. The number of amides is 2. The summed E-state index contributed by atoms with van der Waals surface area (Å²) >= 11 is 0. The van der Waals surface area contributed by atoms with E-state index in [-0.39, 0.29) is 18.5 Å². The fourth-order valence-corrected chi connectivity index (χ4v) is 1.75. The van der Waals surface area contributed by atoms with E-state index >= 15 is 0 Å². The van der Waals surface area contributed by atoms with E-state index in [9.17, 15) is 27.9 Å². The van der Waals surface area contributed by atoms with Crippen LogP contribution in [0.4, 0.5) is 18.9 Å². The molecule has 23 heavy (non-hydrogen) atoms. The van der Waals surface area contributed by atoms with Crippen molar-refractivity contribution in [1.29, 1.82) is 0 Å². The number of nitrogens with one attached hydrogen (secondary N) is 2. The lowest BCUT2D eigenvalue weighted by molar-refractivity contribution is -0.137. The van der Waals surface area contributed by atoms with Gasteiger partial charge in [-0.3, -0.25) is 9.59 Å². The number of carbonyl (C=O) groups excluding carboxylic acids is 2. The Balaban J connectivity index is 2.68. The summed E-state index contributed by atoms with van der Waals surface area (Å²) in [6.07, 6.45) is 0.662. The molecule has 0 saturated heterocycles. The molecule has 0 aliphatic heterocycles. The van der Waals surface area contributed by atoms with Gasteiger partial charge in [-0.15, -0.1) is 0 Å². The quantitative estimate of drug-likeness (QED) is 0.570. The van der Waals surface area contributed by atoms with Crippen LogP contribution in [0.3, 0.4) is 0 Å². The molecule has 0 fully saturated rings. The van der Waals surface area contributed by atoms with Gasteiger partial charge in [0.2, 0.25) is 0 Å². The first-order valence-corrected chi connectivity index (χ1v) is 7.04. The molecule has 0 heterocycles. The Morgan fingerprint density at radius 1 is 1.17 bits per heavy atom. The summed E-state index contributed by atoms with van der Waals surface area (Å²) < 4.78 is 39.2. The maximum Gasteiger partial charge on any atom is 0.313 e. The summed E-state index contributed by atoms with van der Waals surface area (Å²) in [5, 5.41) is 14.2. The number of rotatable bonds is 5. The summed E-state index contributed by atoms with van der Waals surface area (Å²) in [5.41, 5.74) is -1.88. The van der Waals surface area contributed by atoms with Crippen molar-refractivity contribution in [1.82, 2.24) is 5.32 Å². The van der Waals surface area contributed by atoms with Gasteiger partial charge in [0.15, 0.2) is 11.6 Å². The molecule has 1 aromatic rings. The van der Waals surface area contributed by atoms with E-state index < -0.39 is 40.6 Å². The molecule has 0 radical (unpaired) electrons. The minimum Gasteiger partial charge on any atom is -0.388 e. The van der Waals surface area contributed by atoms with Gasteiger partial charge in [0.1, 0.15) is 5.82 Å². The third-order valence-electron chi connectivity index (χ3n) is 3.75. The highest BCUT2D eigenvalue weighted by molar-refractivity contribution is 6.39. The number of benzene rings is 1. The second-order valence-electron chi connectivity index (χ2n) is 5.55. The first-order chi connectivity index (χ1) is 10.6. The molecule has 0 spiro atoms. The van der Waals surface area contributed by atoms with Gasteiger partial charge >= 0.3 is 11.8 Å². The SMILES string of the molecule is CC[C@@H](C)[C@](C)(O)CNC(=O)C(=O)Nc1cc(F)c(F)cc1F. The minimum absolute atomic E-state index is 0.130. The average Bonchev–Trinajstić information content (AvgIpc) is 2.49. The zero-order valence-corrected chi connectivity index (χ0v) is 13.0. The second kappa shape index (κ2) is 7.45. The van der Waals surface area contributed by atoms with Crippen LogP contribution in [-0.4, -0.2) is 29.1 Å². The highest BCUT2D eigenvalue weighted by atomic mass is 19.2. The van der Waals surface area contributed by atoms with Crippen LogP contribution in [0.2, 0.25) is 0 Å². The Hall–Kier alpha value is -2.09. The van der Waals surface area contributed by atoms with Gasteiger partial charge in [-0.1, -0.05) is 20.3 Å². The topological polar surface area (TPSA) is 78.4 Å². The molecule has 3 N–H and O–H groups in total. The molecule has 0 bridgehead atoms. The number of carbonyl (C=O) groups is 2. The van der Waals surface area contributed by atoms with Gasteiger partial charge in [0.05, 0.1) is 11.3 Å². The van der Waals surface area contributed by atoms with Crippen molar-refractivity contribution >= 4 is 17.5 Å². The number of hydrogen-bond acceptors (Lipinski definition) is 3. The molecule has 0 saturated carbocycles. The van der Waals surface area contributed by atoms with Gasteiger partial charge in [-0.2, -0.15) is 0 Å². The van der Waals surface area contributed by atoms with Crippen molar-refractivity contribution < 1.29 is 27.9 Å². The molecule has 8 heteroatoms. The molecule has 0 unspecified atom stereocenters. The summed E-state index contributed by atoms with van der Waals surface area (Å²) in [4.78, 5) is 23.3. The summed E-state index contributed by atoms with van der Waals surface area (Å²) in [7, 11) is 0. The van der Waals surface area contributed by atoms with Crippen LogP contribution in [0.25, 0.3) is 0 Å². The number of aliphatic hydroxyl groups is 1. The van der Waals surface area contributed by atoms with E-state index in [1.807, 2.05) is 12.2 Å². The van der Waals surface area contributed by atoms with Crippen LogP contribution in [0.5, 0.6) is 0 Å². The van der Waals surface area contributed by atoms with E-state index in [4.69, 9.17) is 0 Å². The summed E-state index contributed by atoms with van der Waals surface area (Å²) in [5.74, 6) is -6.49. The molecule has 2 atom stereocenters. The maximum absolute atomic E-state index is 13.4. The number of anilines is 1. The normalized spacial score (nSPS) is 14.7. The van der Waals surface area contributed by atoms with Gasteiger partial charge in [0.25, 0.3) is 0 Å². The number of hydrogen-bond donors (Lipinski definition) is 3. The van der Waals surface area contributed by atoms with Gasteiger partial charge in [-0.05, 0) is 12.8 Å². The Kier molecular flexibility index (Phi) is 6.14. The molecule has 0 aromatic heterocycles. The molecular formula is C15H19F3N2O3. The van der Waals surface area contributed by atoms with E-state index in [0.29, 0.717) is 12.5 Å². The zero-order chi connectivity index (χ0) is 17.8. The Bertz CT molecular complexity index is 606. The largest absolute Gasteiger partial charge is 0.388 e. The molecule has 2 amide bonds. The van der Waals surface area contributed by atoms with Crippen LogP contribution in [0, 0.1) is 23.4 Å². The minimum atomic E-state index is -1.41. The highest BCUT2D eigenvalue weighted by Crippen LogP contribution is 2.19. The Morgan fingerprint density at radius 3 is 2.30 bits per heavy atom. The first-order valence-electron chi connectivity index (χ1n) is 7.04. The van der Waals surface area contributed by atoms with Gasteiger partial charge in [-0.25, -0.2) is 13.2 Å². The fraction of sp³-hybridized carbons (Fsp3) is 0.467. The van der Waals surface area contributed by atoms with Crippen molar-refractivity contribution in [3.63, 3.8) is 0 Å². The number of halogens is 3. The Labute approximate surface area is 131 Å². The van der Waals surface area contributed by atoms with Crippen LogP contribution in [0.15, 0.2) is 12.1 Å². The van der Waals surface area contributed by atoms with E-state index in [1.165, 1.54) is 6.92 Å². The zero-order valence-electron chi connectivity index (χ0n) is 13.0. The van der Waals surface area contributed by atoms with Crippen LogP contribution in [0.1, 0.15) is 27.2 Å². The molecule has 0 aliphatic carbocycles. The first kappa shape index (κ1) is 19.0. The van der Waals surface area contributed by atoms with E-state index in [1.54, 1.807) is 6.92 Å². The predicted octanol–water partition coefficient (Wildman–Crippen LogP) is 1.96.